The number of hydrogen-bond acceptors (Lipinski definition) is 6. The number of pyridine rings is 1. The van der Waals surface area contributed by atoms with Crippen LogP contribution in [0.4, 0.5) is 4.79 Å². The van der Waals surface area contributed by atoms with Crippen LogP contribution in [0.2, 0.25) is 0 Å². The fraction of sp³-hybridized carbons (Fsp3) is 0.320. The lowest BCUT2D eigenvalue weighted by molar-refractivity contribution is -0.0693. The average Bonchev–Trinajstić information content (AvgIpc) is 3.22. The molecule has 0 unspecified atom stereocenters. The van der Waals surface area contributed by atoms with E-state index in [1.165, 1.54) is 5.06 Å². The molecule has 8 heteroatoms. The van der Waals surface area contributed by atoms with Crippen molar-refractivity contribution in [3.05, 3.63) is 60.9 Å². The van der Waals surface area contributed by atoms with Crippen molar-refractivity contribution in [2.75, 3.05) is 13.7 Å². The van der Waals surface area contributed by atoms with E-state index in [2.05, 4.69) is 16.7 Å². The predicted molar refractivity (Wildman–Crippen MR) is 127 cm³/mol. The van der Waals surface area contributed by atoms with Crippen molar-refractivity contribution in [1.29, 1.82) is 0 Å². The second-order valence-corrected chi connectivity index (χ2v) is 8.46. The molecular weight excluding hydrogens is 420 g/mol. The lowest BCUT2D eigenvalue weighted by Crippen LogP contribution is -2.38. The number of allylic oxidation sites excluding steroid dienone is 1. The lowest BCUT2D eigenvalue weighted by Gasteiger charge is -2.26. The maximum absolute atomic E-state index is 12.3. The van der Waals surface area contributed by atoms with Gasteiger partial charge in [0.1, 0.15) is 5.60 Å². The Hall–Kier alpha value is -3.81. The van der Waals surface area contributed by atoms with Crippen molar-refractivity contribution >= 4 is 11.7 Å². The molecule has 2 aromatic heterocycles. The zero-order valence-electron chi connectivity index (χ0n) is 20.0. The maximum atomic E-state index is 12.3. The van der Waals surface area contributed by atoms with Crippen LogP contribution in [0.15, 0.2) is 55.2 Å². The van der Waals surface area contributed by atoms with Gasteiger partial charge in [-0.1, -0.05) is 6.58 Å². The van der Waals surface area contributed by atoms with Crippen molar-refractivity contribution in [3.8, 4) is 28.6 Å². The van der Waals surface area contributed by atoms with Gasteiger partial charge < -0.3 is 14.3 Å². The van der Waals surface area contributed by atoms with Crippen molar-refractivity contribution in [2.45, 2.75) is 40.2 Å². The quantitative estimate of drug-likeness (QED) is 0.441. The van der Waals surface area contributed by atoms with E-state index >= 15 is 0 Å². The molecule has 3 aromatic rings. The van der Waals surface area contributed by atoms with Crippen molar-refractivity contribution in [1.82, 2.24) is 19.8 Å². The Kier molecular flexibility index (Phi) is 7.06. The molecule has 33 heavy (non-hydrogen) atoms. The lowest BCUT2D eigenvalue weighted by atomic mass is 10.1. The van der Waals surface area contributed by atoms with Gasteiger partial charge in [0.2, 0.25) is 5.88 Å². The average molecular weight is 451 g/mol. The maximum Gasteiger partial charge on any atom is 0.443 e. The molecule has 0 N–H and O–H groups in total. The Morgan fingerprint density at radius 3 is 2.36 bits per heavy atom. The highest BCUT2D eigenvalue weighted by atomic mass is 16.7. The van der Waals surface area contributed by atoms with E-state index in [1.807, 2.05) is 63.6 Å². The van der Waals surface area contributed by atoms with Crippen LogP contribution in [0.3, 0.4) is 0 Å². The first-order valence-electron chi connectivity index (χ1n) is 10.7. The Labute approximate surface area is 194 Å². The van der Waals surface area contributed by atoms with E-state index in [9.17, 15) is 4.79 Å². The fourth-order valence-electron chi connectivity index (χ4n) is 2.97. The topological polar surface area (TPSA) is 78.7 Å². The molecule has 0 aliphatic heterocycles. The number of amides is 1. The van der Waals surface area contributed by atoms with Gasteiger partial charge in [-0.3, -0.25) is 0 Å². The van der Waals surface area contributed by atoms with E-state index in [1.54, 1.807) is 31.5 Å². The standard InChI is InChI=1S/C25H30N4O4/c1-8-28(24(30)32-25(4,5)6)33-20-12-9-18(10-13-20)22-15-21(17(2)3)27-29(22)19-11-14-23(31-7)26-16-19/h9-16H,2,8H2,1,3-7H3. The molecule has 0 fully saturated rings. The molecule has 0 bridgehead atoms. The zero-order valence-corrected chi connectivity index (χ0v) is 20.0. The number of benzene rings is 1. The highest BCUT2D eigenvalue weighted by Crippen LogP contribution is 2.28. The van der Waals surface area contributed by atoms with Gasteiger partial charge in [0.05, 0.1) is 36.9 Å². The SMILES string of the molecule is C=C(C)c1cc(-c2ccc(ON(CC)C(=O)OC(C)(C)C)cc2)n(-c2ccc(OC)nc2)n1. The van der Waals surface area contributed by atoms with Crippen molar-refractivity contribution < 1.29 is 19.1 Å². The summed E-state index contributed by atoms with van der Waals surface area (Å²) in [6, 6.07) is 13.1. The van der Waals surface area contributed by atoms with E-state index in [0.29, 0.717) is 18.2 Å². The Bertz CT molecular complexity index is 1110. The van der Waals surface area contributed by atoms with Gasteiger partial charge in [-0.2, -0.15) is 5.10 Å². The predicted octanol–water partition coefficient (Wildman–Crippen LogP) is 5.53. The highest BCUT2D eigenvalue weighted by Gasteiger charge is 2.23. The number of hydrogen-bond donors (Lipinski definition) is 0. The van der Waals surface area contributed by atoms with Crippen LogP contribution in [-0.2, 0) is 4.74 Å². The highest BCUT2D eigenvalue weighted by molar-refractivity contribution is 5.69. The second-order valence-electron chi connectivity index (χ2n) is 8.46. The van der Waals surface area contributed by atoms with E-state index in [-0.39, 0.29) is 0 Å². The van der Waals surface area contributed by atoms with Gasteiger partial charge in [-0.15, -0.1) is 5.06 Å². The minimum Gasteiger partial charge on any atom is -0.481 e. The van der Waals surface area contributed by atoms with Gasteiger partial charge in [-0.05, 0) is 76.6 Å². The summed E-state index contributed by atoms with van der Waals surface area (Å²) in [6.07, 6.45) is 1.17. The molecule has 8 nitrogen and oxygen atoms in total. The van der Waals surface area contributed by atoms with Gasteiger partial charge in [0, 0.05) is 11.6 Å². The number of aromatic nitrogens is 3. The Balaban J connectivity index is 1.88. The molecular formula is C25H30N4O4. The summed E-state index contributed by atoms with van der Waals surface area (Å²) in [6.45, 7) is 13.5. The number of rotatable bonds is 7. The summed E-state index contributed by atoms with van der Waals surface area (Å²) in [7, 11) is 1.58. The summed E-state index contributed by atoms with van der Waals surface area (Å²) in [5, 5.41) is 5.88. The molecule has 0 aliphatic carbocycles. The Morgan fingerprint density at radius 1 is 1.15 bits per heavy atom. The molecule has 174 valence electrons. The molecule has 0 spiro atoms. The summed E-state index contributed by atoms with van der Waals surface area (Å²) < 4.78 is 12.4. The number of methoxy groups -OCH3 is 1. The zero-order chi connectivity index (χ0) is 24.2. The van der Waals surface area contributed by atoms with Gasteiger partial charge in [0.15, 0.2) is 5.75 Å². The molecule has 3 rings (SSSR count). The van der Waals surface area contributed by atoms with Crippen LogP contribution in [0.5, 0.6) is 11.6 Å². The smallest absolute Gasteiger partial charge is 0.443 e. The van der Waals surface area contributed by atoms with Gasteiger partial charge in [0.25, 0.3) is 0 Å². The second kappa shape index (κ2) is 9.77. The summed E-state index contributed by atoms with van der Waals surface area (Å²) in [4.78, 5) is 22.4. The molecule has 2 heterocycles. The summed E-state index contributed by atoms with van der Waals surface area (Å²) in [5.74, 6) is 1.04. The first kappa shape index (κ1) is 23.8. The van der Waals surface area contributed by atoms with Gasteiger partial charge in [-0.25, -0.2) is 14.5 Å². The normalized spacial score (nSPS) is 11.1. The third-order valence-corrected chi connectivity index (χ3v) is 4.57. The fourth-order valence-corrected chi connectivity index (χ4v) is 2.97. The van der Waals surface area contributed by atoms with E-state index in [4.69, 9.17) is 14.3 Å². The van der Waals surface area contributed by atoms with E-state index in [0.717, 1.165) is 28.2 Å². The molecule has 0 saturated heterocycles. The number of carbonyl (C=O) groups is 1. The van der Waals surface area contributed by atoms with Crippen LogP contribution >= 0.6 is 0 Å². The molecule has 1 amide bonds. The molecule has 1 aromatic carbocycles. The van der Waals surface area contributed by atoms with Crippen LogP contribution < -0.4 is 9.57 Å². The minimum atomic E-state index is -0.604. The third-order valence-electron chi connectivity index (χ3n) is 4.57. The van der Waals surface area contributed by atoms with E-state index < -0.39 is 11.7 Å². The number of carbonyl (C=O) groups excluding carboxylic acids is 1. The number of nitrogens with zero attached hydrogens (tertiary/aromatic N) is 4. The summed E-state index contributed by atoms with van der Waals surface area (Å²) in [5.41, 5.74) is 3.61. The molecule has 0 radical (unpaired) electrons. The van der Waals surface area contributed by atoms with Crippen molar-refractivity contribution in [3.63, 3.8) is 0 Å². The minimum absolute atomic E-state index is 0.343. The van der Waals surface area contributed by atoms with Crippen LogP contribution in [-0.4, -0.2) is 45.2 Å². The van der Waals surface area contributed by atoms with Gasteiger partial charge >= 0.3 is 6.09 Å². The first-order valence-corrected chi connectivity index (χ1v) is 10.7. The number of ether oxygens (including phenoxy) is 2. The number of hydroxylamine groups is 2. The van der Waals surface area contributed by atoms with Crippen LogP contribution in [0.25, 0.3) is 22.5 Å². The third kappa shape index (κ3) is 5.91. The van der Waals surface area contributed by atoms with Crippen LogP contribution in [0.1, 0.15) is 40.3 Å². The Morgan fingerprint density at radius 2 is 1.85 bits per heavy atom. The molecule has 0 saturated carbocycles. The molecule has 0 atom stereocenters. The van der Waals surface area contributed by atoms with Crippen LogP contribution in [0, 0.1) is 0 Å². The summed E-state index contributed by atoms with van der Waals surface area (Å²) >= 11 is 0. The van der Waals surface area contributed by atoms with Crippen molar-refractivity contribution in [2.24, 2.45) is 0 Å². The molecule has 0 aliphatic rings. The largest absolute Gasteiger partial charge is 0.481 e. The monoisotopic (exact) mass is 450 g/mol. The first-order chi connectivity index (χ1) is 15.6.